The quantitative estimate of drug-likeness (QED) is 0.525. The van der Waals surface area contributed by atoms with Crippen molar-refractivity contribution in [1.82, 2.24) is 19.7 Å². The molecule has 4 aromatic rings. The Balaban J connectivity index is 1.50. The Morgan fingerprint density at radius 3 is 2.63 bits per heavy atom. The number of rotatable bonds is 6. The highest BCUT2D eigenvalue weighted by molar-refractivity contribution is 5.76. The van der Waals surface area contributed by atoms with Crippen LogP contribution < -0.4 is 0 Å². The third-order valence-electron chi connectivity index (χ3n) is 4.20. The van der Waals surface area contributed by atoms with E-state index in [0.29, 0.717) is 24.0 Å². The summed E-state index contributed by atoms with van der Waals surface area (Å²) in [6.07, 6.45) is 3.41. The molecule has 0 radical (unpaired) electrons. The van der Waals surface area contributed by atoms with Crippen molar-refractivity contribution < 1.29 is 13.6 Å². The molecule has 7 heteroatoms. The molecule has 3 heterocycles. The molecular weight excluding hydrogens is 344 g/mol. The molecule has 0 bridgehead atoms. The second kappa shape index (κ2) is 7.33. The number of carbonyl (C=O) groups is 1. The summed E-state index contributed by atoms with van der Waals surface area (Å²) in [6.45, 7) is 0.587. The average Bonchev–Trinajstić information content (AvgIpc) is 3.44. The molecule has 0 N–H and O–H groups in total. The van der Waals surface area contributed by atoms with E-state index >= 15 is 0 Å². The monoisotopic (exact) mass is 362 g/mol. The van der Waals surface area contributed by atoms with E-state index in [1.165, 1.54) is 0 Å². The largest absolute Gasteiger partial charge is 0.467 e. The van der Waals surface area contributed by atoms with E-state index in [1.807, 2.05) is 54.7 Å². The van der Waals surface area contributed by atoms with E-state index < -0.39 is 0 Å². The Morgan fingerprint density at radius 2 is 1.85 bits per heavy atom. The average molecular weight is 362 g/mol. The third-order valence-corrected chi connectivity index (χ3v) is 4.20. The van der Waals surface area contributed by atoms with E-state index in [-0.39, 0.29) is 12.5 Å². The zero-order valence-electron chi connectivity index (χ0n) is 14.8. The summed E-state index contributed by atoms with van der Waals surface area (Å²) >= 11 is 0. The lowest BCUT2D eigenvalue weighted by Crippen LogP contribution is -2.29. The summed E-state index contributed by atoms with van der Waals surface area (Å²) in [6, 6.07) is 16.9. The van der Waals surface area contributed by atoms with Crippen molar-refractivity contribution in [3.8, 4) is 23.0 Å². The van der Waals surface area contributed by atoms with Crippen LogP contribution in [0.15, 0.2) is 75.9 Å². The lowest BCUT2D eigenvalue weighted by molar-refractivity contribution is -0.131. The topological polar surface area (TPSA) is 77.3 Å². The highest BCUT2D eigenvalue weighted by Gasteiger charge is 2.17. The predicted molar refractivity (Wildman–Crippen MR) is 98.3 cm³/mol. The van der Waals surface area contributed by atoms with Gasteiger partial charge in [0.05, 0.1) is 12.8 Å². The third kappa shape index (κ3) is 3.67. The molecule has 0 atom stereocenters. The highest BCUT2D eigenvalue weighted by atomic mass is 16.4. The second-order valence-corrected chi connectivity index (χ2v) is 6.13. The van der Waals surface area contributed by atoms with Gasteiger partial charge in [0.1, 0.15) is 18.0 Å². The van der Waals surface area contributed by atoms with Crippen LogP contribution >= 0.6 is 0 Å². The van der Waals surface area contributed by atoms with E-state index in [0.717, 1.165) is 11.3 Å². The van der Waals surface area contributed by atoms with Gasteiger partial charge in [-0.1, -0.05) is 18.2 Å². The lowest BCUT2D eigenvalue weighted by atomic mass is 10.2. The number of hydrogen-bond donors (Lipinski definition) is 0. The zero-order chi connectivity index (χ0) is 18.6. The maximum absolute atomic E-state index is 12.5. The standard InChI is InChI=1S/C20H18N4O3/c1-23(13-16-9-6-12-26-16)18(25)14-24-11-5-10-17(24)20-22-21-19(27-20)15-7-3-2-4-8-15/h2-12H,13-14H2,1H3. The molecule has 1 amide bonds. The molecule has 0 fully saturated rings. The molecule has 0 aliphatic rings. The Labute approximate surface area is 155 Å². The van der Waals surface area contributed by atoms with Crippen LogP contribution in [0, 0.1) is 0 Å². The molecular formula is C20H18N4O3. The number of likely N-dealkylation sites (N-methyl/N-ethyl adjacent to an activating group) is 1. The summed E-state index contributed by atoms with van der Waals surface area (Å²) in [5.41, 5.74) is 1.55. The van der Waals surface area contributed by atoms with E-state index in [9.17, 15) is 4.79 Å². The Kier molecular flexibility index (Phi) is 4.57. The van der Waals surface area contributed by atoms with Gasteiger partial charge in [-0.3, -0.25) is 4.79 Å². The second-order valence-electron chi connectivity index (χ2n) is 6.13. The van der Waals surface area contributed by atoms with Crippen LogP contribution in [0.4, 0.5) is 0 Å². The fourth-order valence-corrected chi connectivity index (χ4v) is 2.76. The molecule has 0 unspecified atom stereocenters. The Morgan fingerprint density at radius 1 is 1.04 bits per heavy atom. The van der Waals surface area contributed by atoms with Crippen molar-refractivity contribution in [2.24, 2.45) is 0 Å². The molecule has 0 spiro atoms. The number of benzene rings is 1. The molecule has 1 aromatic carbocycles. The van der Waals surface area contributed by atoms with Gasteiger partial charge in [0.2, 0.25) is 11.8 Å². The molecule has 7 nitrogen and oxygen atoms in total. The van der Waals surface area contributed by atoms with Crippen LogP contribution in [0.3, 0.4) is 0 Å². The van der Waals surface area contributed by atoms with Crippen molar-refractivity contribution in [2.75, 3.05) is 7.05 Å². The van der Waals surface area contributed by atoms with Crippen molar-refractivity contribution in [2.45, 2.75) is 13.1 Å². The van der Waals surface area contributed by atoms with Crippen molar-refractivity contribution in [3.63, 3.8) is 0 Å². The first-order valence-electron chi connectivity index (χ1n) is 8.51. The van der Waals surface area contributed by atoms with Gasteiger partial charge in [-0.15, -0.1) is 10.2 Å². The van der Waals surface area contributed by atoms with E-state index in [2.05, 4.69) is 10.2 Å². The van der Waals surface area contributed by atoms with Crippen LogP contribution in [-0.4, -0.2) is 32.6 Å². The van der Waals surface area contributed by atoms with Crippen LogP contribution in [-0.2, 0) is 17.9 Å². The lowest BCUT2D eigenvalue weighted by Gasteiger charge is -2.16. The summed E-state index contributed by atoms with van der Waals surface area (Å²) in [4.78, 5) is 14.2. The minimum atomic E-state index is -0.0494. The number of furan rings is 1. The Hall–Kier alpha value is -3.61. The number of aromatic nitrogens is 3. The number of nitrogens with zero attached hydrogens (tertiary/aromatic N) is 4. The highest BCUT2D eigenvalue weighted by Crippen LogP contribution is 2.24. The maximum Gasteiger partial charge on any atom is 0.264 e. The van der Waals surface area contributed by atoms with Gasteiger partial charge in [-0.2, -0.15) is 0 Å². The number of amides is 1. The van der Waals surface area contributed by atoms with Crippen molar-refractivity contribution in [3.05, 3.63) is 72.8 Å². The van der Waals surface area contributed by atoms with Gasteiger partial charge in [-0.05, 0) is 36.4 Å². The zero-order valence-corrected chi connectivity index (χ0v) is 14.8. The molecule has 0 aliphatic carbocycles. The molecule has 3 aromatic heterocycles. The minimum Gasteiger partial charge on any atom is -0.467 e. The first kappa shape index (κ1) is 16.8. The molecule has 0 saturated heterocycles. The SMILES string of the molecule is CN(Cc1ccco1)C(=O)Cn1cccc1-c1nnc(-c2ccccc2)o1. The van der Waals surface area contributed by atoms with E-state index in [1.54, 1.807) is 28.8 Å². The van der Waals surface area contributed by atoms with Crippen LogP contribution in [0.1, 0.15) is 5.76 Å². The fraction of sp³-hybridized carbons (Fsp3) is 0.150. The minimum absolute atomic E-state index is 0.0494. The normalized spacial score (nSPS) is 10.9. The molecule has 27 heavy (non-hydrogen) atoms. The first-order chi connectivity index (χ1) is 13.2. The molecule has 0 saturated carbocycles. The van der Waals surface area contributed by atoms with Crippen molar-refractivity contribution >= 4 is 5.91 Å². The van der Waals surface area contributed by atoms with Crippen molar-refractivity contribution in [1.29, 1.82) is 0 Å². The van der Waals surface area contributed by atoms with Crippen LogP contribution in [0.5, 0.6) is 0 Å². The summed E-state index contributed by atoms with van der Waals surface area (Å²) in [7, 11) is 1.74. The summed E-state index contributed by atoms with van der Waals surface area (Å²) < 4.78 is 12.9. The molecule has 0 aliphatic heterocycles. The molecule has 136 valence electrons. The first-order valence-corrected chi connectivity index (χ1v) is 8.51. The van der Waals surface area contributed by atoms with Gasteiger partial charge in [0, 0.05) is 18.8 Å². The van der Waals surface area contributed by atoms with E-state index in [4.69, 9.17) is 8.83 Å². The predicted octanol–water partition coefficient (Wildman–Crippen LogP) is 3.46. The van der Waals surface area contributed by atoms with Gasteiger partial charge >= 0.3 is 0 Å². The summed E-state index contributed by atoms with van der Waals surface area (Å²) in [5.74, 6) is 1.51. The number of hydrogen-bond acceptors (Lipinski definition) is 5. The molecule has 4 rings (SSSR count). The van der Waals surface area contributed by atoms with Gasteiger partial charge in [-0.25, -0.2) is 0 Å². The van der Waals surface area contributed by atoms with Gasteiger partial charge in [0.15, 0.2) is 0 Å². The van der Waals surface area contributed by atoms with Gasteiger partial charge in [0.25, 0.3) is 5.89 Å². The number of carbonyl (C=O) groups excluding carboxylic acids is 1. The Bertz CT molecular complexity index is 1020. The van der Waals surface area contributed by atoms with Gasteiger partial charge < -0.3 is 18.3 Å². The van der Waals surface area contributed by atoms with Crippen LogP contribution in [0.2, 0.25) is 0 Å². The smallest absolute Gasteiger partial charge is 0.264 e. The maximum atomic E-state index is 12.5. The van der Waals surface area contributed by atoms with Crippen LogP contribution in [0.25, 0.3) is 23.0 Å². The fourth-order valence-electron chi connectivity index (χ4n) is 2.76. The summed E-state index contributed by atoms with van der Waals surface area (Å²) in [5, 5.41) is 8.24.